The van der Waals surface area contributed by atoms with Gasteiger partial charge in [0.1, 0.15) is 0 Å². The highest BCUT2D eigenvalue weighted by Crippen LogP contribution is 2.54. The Morgan fingerprint density at radius 3 is 2.03 bits per heavy atom. The molecule has 0 amide bonds. The molecule has 0 saturated heterocycles. The lowest BCUT2D eigenvalue weighted by molar-refractivity contribution is 0.590. The third-order valence-electron chi connectivity index (χ3n) is 12.5. The SMILES string of the molecule is CC(C)(C)c1ccc(N2c3cc4c(cc3B3c5c2cc2ccccc2c5-c2cccc5c6sc7ccccc7c6n3c25)Sc2ccccc2S4)c(-c2ccccc2)c1. The molecule has 8 aromatic carbocycles. The Morgan fingerprint density at radius 1 is 0.517 bits per heavy atom. The number of thiophene rings is 1. The second-order valence-electron chi connectivity index (χ2n) is 16.8. The Balaban J connectivity index is 1.21. The number of para-hydroxylation sites is 1. The lowest BCUT2D eigenvalue weighted by atomic mass is 9.44. The van der Waals surface area contributed by atoms with E-state index in [1.165, 1.54) is 117 Å². The van der Waals surface area contributed by atoms with E-state index in [-0.39, 0.29) is 12.3 Å². The Morgan fingerprint density at radius 2 is 1.22 bits per heavy atom. The Kier molecular flexibility index (Phi) is 6.87. The number of aromatic nitrogens is 1. The van der Waals surface area contributed by atoms with Gasteiger partial charge in [-0.2, -0.15) is 0 Å². The Labute approximate surface area is 350 Å². The number of hydrogen-bond acceptors (Lipinski definition) is 4. The summed E-state index contributed by atoms with van der Waals surface area (Å²) in [6, 6.07) is 59.8. The van der Waals surface area contributed by atoms with Crippen LogP contribution in [0, 0.1) is 0 Å². The molecule has 274 valence electrons. The minimum atomic E-state index is -0.0316. The summed E-state index contributed by atoms with van der Waals surface area (Å²) in [4.78, 5) is 7.92. The van der Waals surface area contributed by atoms with Crippen LogP contribution in [0.4, 0.5) is 17.1 Å². The fraction of sp³-hybridized carbons (Fsp3) is 0.0769. The van der Waals surface area contributed by atoms with Gasteiger partial charge in [0.25, 0.3) is 0 Å². The van der Waals surface area contributed by atoms with E-state index in [1.807, 2.05) is 34.9 Å². The summed E-state index contributed by atoms with van der Waals surface area (Å²) in [5.74, 6) is 0. The second-order valence-corrected chi connectivity index (χ2v) is 20.1. The molecular formula is C52H35BN2S3. The summed E-state index contributed by atoms with van der Waals surface area (Å²) in [5.41, 5.74) is 15.6. The third kappa shape index (κ3) is 4.54. The smallest absolute Gasteiger partial charge is 0.333 e. The van der Waals surface area contributed by atoms with Crippen LogP contribution in [0.25, 0.3) is 64.2 Å². The molecule has 0 fully saturated rings. The molecule has 0 unspecified atom stereocenters. The van der Waals surface area contributed by atoms with E-state index in [4.69, 9.17) is 0 Å². The molecule has 13 rings (SSSR count). The molecule has 58 heavy (non-hydrogen) atoms. The molecule has 6 heteroatoms. The first kappa shape index (κ1) is 33.3. The molecule has 0 saturated carbocycles. The topological polar surface area (TPSA) is 8.17 Å². The van der Waals surface area contributed by atoms with Crippen molar-refractivity contribution in [3.05, 3.63) is 163 Å². The van der Waals surface area contributed by atoms with Crippen LogP contribution >= 0.6 is 34.9 Å². The van der Waals surface area contributed by atoms with E-state index in [1.54, 1.807) is 0 Å². The van der Waals surface area contributed by atoms with Crippen LogP contribution in [0.15, 0.2) is 177 Å². The lowest BCUT2D eigenvalue weighted by Crippen LogP contribution is -2.56. The van der Waals surface area contributed by atoms with Gasteiger partial charge in [-0.05, 0) is 92.3 Å². The van der Waals surface area contributed by atoms with Crippen LogP contribution in [0.2, 0.25) is 0 Å². The zero-order valence-electron chi connectivity index (χ0n) is 32.2. The number of benzene rings is 8. The molecule has 0 bridgehead atoms. The number of nitrogens with zero attached hydrogens (tertiary/aromatic N) is 2. The minimum Gasteiger partial charge on any atom is -0.374 e. The van der Waals surface area contributed by atoms with Crippen molar-refractivity contribution in [1.29, 1.82) is 0 Å². The molecular weight excluding hydrogens is 760 g/mol. The van der Waals surface area contributed by atoms with Crippen molar-refractivity contribution < 1.29 is 0 Å². The van der Waals surface area contributed by atoms with Crippen LogP contribution in [0.3, 0.4) is 0 Å². The van der Waals surface area contributed by atoms with E-state index < -0.39 is 0 Å². The van der Waals surface area contributed by atoms with E-state index in [0.717, 1.165) is 0 Å². The standard InChI is InChI=1S/C52H35BN2S3/c1-52(2,3)32-24-25-39(37(27-32)30-14-5-4-6-15-30)54-40-29-46-45(56-43-22-11-12-23-44(43)57-46)28-38(40)53-48-41(54)26-31-16-7-8-17-33(31)47(48)35-19-13-20-36-49(35)55(53)50-34-18-9-10-21-42(34)58-51(36)50/h4-29H,1-3H3. The minimum absolute atomic E-state index is 0.00636. The highest BCUT2D eigenvalue weighted by molar-refractivity contribution is 8.05. The first-order chi connectivity index (χ1) is 28.4. The first-order valence-electron chi connectivity index (χ1n) is 20.0. The van der Waals surface area contributed by atoms with Gasteiger partial charge in [-0.15, -0.1) is 11.3 Å². The summed E-state index contributed by atoms with van der Waals surface area (Å²) in [5, 5.41) is 5.25. The van der Waals surface area contributed by atoms with E-state index in [2.05, 4.69) is 188 Å². The predicted molar refractivity (Wildman–Crippen MR) is 252 cm³/mol. The quantitative estimate of drug-likeness (QED) is 0.161. The lowest BCUT2D eigenvalue weighted by Gasteiger charge is -2.42. The average Bonchev–Trinajstić information content (AvgIpc) is 3.79. The summed E-state index contributed by atoms with van der Waals surface area (Å²) in [6.07, 6.45) is 0. The van der Waals surface area contributed by atoms with E-state index in [9.17, 15) is 0 Å². The number of hydrogen-bond donors (Lipinski definition) is 0. The van der Waals surface area contributed by atoms with Gasteiger partial charge < -0.3 is 9.38 Å². The average molecular weight is 795 g/mol. The molecule has 2 nitrogen and oxygen atoms in total. The van der Waals surface area contributed by atoms with Crippen molar-refractivity contribution >= 4 is 112 Å². The maximum atomic E-state index is 2.75. The van der Waals surface area contributed by atoms with Crippen LogP contribution < -0.4 is 15.8 Å². The maximum absolute atomic E-state index is 2.75. The van der Waals surface area contributed by atoms with Crippen molar-refractivity contribution in [3.8, 4) is 22.3 Å². The molecule has 5 heterocycles. The number of fused-ring (bicyclic) bond motifs is 13. The summed E-state index contributed by atoms with van der Waals surface area (Å²) >= 11 is 5.76. The molecule has 0 atom stereocenters. The van der Waals surface area contributed by atoms with Gasteiger partial charge in [-0.3, -0.25) is 0 Å². The predicted octanol–water partition coefficient (Wildman–Crippen LogP) is 14.2. The van der Waals surface area contributed by atoms with Gasteiger partial charge in [-0.25, -0.2) is 0 Å². The molecule has 10 aromatic rings. The summed E-state index contributed by atoms with van der Waals surface area (Å²) < 4.78 is 5.46. The van der Waals surface area contributed by atoms with Crippen molar-refractivity contribution in [1.82, 2.24) is 4.48 Å². The van der Waals surface area contributed by atoms with Gasteiger partial charge in [0.15, 0.2) is 0 Å². The van der Waals surface area contributed by atoms with Gasteiger partial charge >= 0.3 is 6.85 Å². The zero-order valence-corrected chi connectivity index (χ0v) is 34.7. The van der Waals surface area contributed by atoms with Gasteiger partial charge in [0, 0.05) is 63.1 Å². The van der Waals surface area contributed by atoms with Crippen molar-refractivity contribution in [2.75, 3.05) is 4.90 Å². The highest BCUT2D eigenvalue weighted by atomic mass is 32.2. The maximum Gasteiger partial charge on any atom is 0.333 e. The normalized spacial score (nSPS) is 13.9. The van der Waals surface area contributed by atoms with Crippen molar-refractivity contribution in [2.45, 2.75) is 45.8 Å². The zero-order chi connectivity index (χ0) is 38.4. The van der Waals surface area contributed by atoms with Crippen molar-refractivity contribution in [3.63, 3.8) is 0 Å². The third-order valence-corrected chi connectivity index (χ3v) is 16.3. The molecule has 3 aliphatic rings. The summed E-state index contributed by atoms with van der Waals surface area (Å²) in [6.45, 7) is 6.93. The molecule has 2 aromatic heterocycles. The van der Waals surface area contributed by atoms with Crippen LogP contribution in [-0.2, 0) is 5.41 Å². The summed E-state index contributed by atoms with van der Waals surface area (Å²) in [7, 11) is 0. The molecule has 0 spiro atoms. The van der Waals surface area contributed by atoms with Gasteiger partial charge in [0.05, 0.1) is 15.9 Å². The Hall–Kier alpha value is -5.66. The van der Waals surface area contributed by atoms with E-state index in [0.29, 0.717) is 0 Å². The molecule has 3 aliphatic heterocycles. The van der Waals surface area contributed by atoms with E-state index >= 15 is 0 Å². The molecule has 0 radical (unpaired) electrons. The fourth-order valence-electron chi connectivity index (χ4n) is 9.96. The van der Waals surface area contributed by atoms with Crippen LogP contribution in [0.5, 0.6) is 0 Å². The number of rotatable bonds is 2. The second kappa shape index (κ2) is 12.0. The molecule has 0 aliphatic carbocycles. The van der Waals surface area contributed by atoms with Crippen molar-refractivity contribution in [2.24, 2.45) is 0 Å². The van der Waals surface area contributed by atoms with Crippen LogP contribution in [0.1, 0.15) is 26.3 Å². The first-order valence-corrected chi connectivity index (χ1v) is 22.5. The fourth-order valence-corrected chi connectivity index (χ4v) is 13.5. The highest BCUT2D eigenvalue weighted by Gasteiger charge is 2.45. The van der Waals surface area contributed by atoms with Gasteiger partial charge in [0.2, 0.25) is 0 Å². The Bertz CT molecular complexity index is 3410. The monoisotopic (exact) mass is 794 g/mol. The number of anilines is 3. The largest absolute Gasteiger partial charge is 0.374 e. The van der Waals surface area contributed by atoms with Crippen LogP contribution in [-0.4, -0.2) is 11.3 Å². The molecule has 0 N–H and O–H groups in total. The van der Waals surface area contributed by atoms with Gasteiger partial charge in [-0.1, -0.05) is 153 Å².